The molecule has 0 bridgehead atoms. The molecular weight excluding hydrogens is 382 g/mol. The van der Waals surface area contributed by atoms with E-state index in [1.165, 1.54) is 18.2 Å². The SMILES string of the molecule is CCCn1c(SCC(=O)N2C[C@@H](C)C[C@H](C)C2)nc2cc(Cl)ccc2c1=O. The molecule has 1 fully saturated rings. The lowest BCUT2D eigenvalue weighted by molar-refractivity contribution is -0.130. The Morgan fingerprint density at radius 3 is 2.67 bits per heavy atom. The van der Waals surface area contributed by atoms with Crippen LogP contribution in [-0.2, 0) is 11.3 Å². The number of thioether (sulfide) groups is 1. The molecule has 0 unspecified atom stereocenters. The van der Waals surface area contributed by atoms with Gasteiger partial charge in [-0.05, 0) is 42.9 Å². The summed E-state index contributed by atoms with van der Waals surface area (Å²) in [5.74, 6) is 1.47. The average molecular weight is 408 g/mol. The highest BCUT2D eigenvalue weighted by atomic mass is 35.5. The lowest BCUT2D eigenvalue weighted by Crippen LogP contribution is -2.43. The Hall–Kier alpha value is -1.53. The fourth-order valence-electron chi connectivity index (χ4n) is 3.79. The summed E-state index contributed by atoms with van der Waals surface area (Å²) in [6.07, 6.45) is 1.99. The Kier molecular flexibility index (Phi) is 6.48. The Balaban J connectivity index is 1.84. The molecular formula is C20H26ClN3O2S. The van der Waals surface area contributed by atoms with E-state index in [1.54, 1.807) is 22.8 Å². The van der Waals surface area contributed by atoms with Crippen LogP contribution in [0.25, 0.3) is 10.9 Å². The molecule has 1 aromatic heterocycles. The van der Waals surface area contributed by atoms with Crippen LogP contribution in [0.4, 0.5) is 0 Å². The molecule has 2 heterocycles. The molecule has 146 valence electrons. The van der Waals surface area contributed by atoms with E-state index in [2.05, 4.69) is 18.8 Å². The lowest BCUT2D eigenvalue weighted by Gasteiger charge is -2.35. The summed E-state index contributed by atoms with van der Waals surface area (Å²) in [6, 6.07) is 5.13. The van der Waals surface area contributed by atoms with Crippen molar-refractivity contribution >= 4 is 40.2 Å². The second-order valence-electron chi connectivity index (χ2n) is 7.55. The number of benzene rings is 1. The number of likely N-dealkylation sites (tertiary alicyclic amines) is 1. The highest BCUT2D eigenvalue weighted by Gasteiger charge is 2.25. The third-order valence-electron chi connectivity index (χ3n) is 4.88. The van der Waals surface area contributed by atoms with Gasteiger partial charge < -0.3 is 4.90 Å². The van der Waals surface area contributed by atoms with Crippen molar-refractivity contribution in [2.45, 2.75) is 45.3 Å². The van der Waals surface area contributed by atoms with Crippen LogP contribution in [0.5, 0.6) is 0 Å². The molecule has 0 radical (unpaired) electrons. The van der Waals surface area contributed by atoms with Gasteiger partial charge in [0.25, 0.3) is 5.56 Å². The Morgan fingerprint density at radius 1 is 1.30 bits per heavy atom. The molecule has 0 aliphatic carbocycles. The van der Waals surface area contributed by atoms with Gasteiger partial charge in [-0.1, -0.05) is 44.1 Å². The van der Waals surface area contributed by atoms with Gasteiger partial charge in [0.1, 0.15) is 0 Å². The predicted octanol–water partition coefficient (Wildman–Crippen LogP) is 4.06. The molecule has 1 aliphatic heterocycles. The zero-order chi connectivity index (χ0) is 19.6. The molecule has 2 aromatic rings. The first-order chi connectivity index (χ1) is 12.9. The number of carbonyl (C=O) groups excluding carboxylic acids is 1. The highest BCUT2D eigenvalue weighted by molar-refractivity contribution is 7.99. The Morgan fingerprint density at radius 2 is 2.00 bits per heavy atom. The molecule has 7 heteroatoms. The first kappa shape index (κ1) is 20.2. The maximum atomic E-state index is 12.9. The van der Waals surface area contributed by atoms with E-state index in [9.17, 15) is 9.59 Å². The molecule has 1 aromatic carbocycles. The van der Waals surface area contributed by atoms with Crippen molar-refractivity contribution in [2.75, 3.05) is 18.8 Å². The number of carbonyl (C=O) groups is 1. The third-order valence-corrected chi connectivity index (χ3v) is 6.07. The summed E-state index contributed by atoms with van der Waals surface area (Å²) in [6.45, 7) is 8.61. The van der Waals surface area contributed by atoms with Crippen LogP contribution in [0.3, 0.4) is 0 Å². The minimum Gasteiger partial charge on any atom is -0.341 e. The second-order valence-corrected chi connectivity index (χ2v) is 8.93. The van der Waals surface area contributed by atoms with Crippen LogP contribution < -0.4 is 5.56 Å². The first-order valence-corrected chi connectivity index (χ1v) is 10.9. The van der Waals surface area contributed by atoms with Crippen LogP contribution in [0, 0.1) is 11.8 Å². The summed E-state index contributed by atoms with van der Waals surface area (Å²) in [5, 5.41) is 1.69. The molecule has 2 atom stereocenters. The van der Waals surface area contributed by atoms with Gasteiger partial charge in [-0.2, -0.15) is 0 Å². The van der Waals surface area contributed by atoms with Gasteiger partial charge in [0.05, 0.1) is 16.7 Å². The molecule has 1 aliphatic rings. The maximum absolute atomic E-state index is 12.9. The number of rotatable bonds is 5. The number of hydrogen-bond acceptors (Lipinski definition) is 4. The van der Waals surface area contributed by atoms with Gasteiger partial charge >= 0.3 is 0 Å². The maximum Gasteiger partial charge on any atom is 0.262 e. The fraction of sp³-hybridized carbons (Fsp3) is 0.550. The number of nitrogens with zero attached hydrogens (tertiary/aromatic N) is 3. The second kappa shape index (κ2) is 8.65. The van der Waals surface area contributed by atoms with E-state index < -0.39 is 0 Å². The monoisotopic (exact) mass is 407 g/mol. The minimum atomic E-state index is -0.0753. The van der Waals surface area contributed by atoms with Crippen LogP contribution in [-0.4, -0.2) is 39.2 Å². The van der Waals surface area contributed by atoms with Crippen molar-refractivity contribution in [3.05, 3.63) is 33.6 Å². The standard InChI is InChI=1S/C20H26ClN3O2S/c1-4-7-24-19(26)16-6-5-15(21)9-17(16)22-20(24)27-12-18(25)23-10-13(2)8-14(3)11-23/h5-6,9,13-14H,4,7-8,10-12H2,1-3H3/t13-,14-/m0/s1. The van der Waals surface area contributed by atoms with E-state index in [4.69, 9.17) is 11.6 Å². The van der Waals surface area contributed by atoms with Crippen LogP contribution in [0.1, 0.15) is 33.6 Å². The van der Waals surface area contributed by atoms with Crippen molar-refractivity contribution in [2.24, 2.45) is 11.8 Å². The van der Waals surface area contributed by atoms with E-state index in [-0.39, 0.29) is 11.5 Å². The molecule has 3 rings (SSSR count). The molecule has 0 spiro atoms. The molecule has 0 saturated carbocycles. The molecule has 0 N–H and O–H groups in total. The number of aromatic nitrogens is 2. The van der Waals surface area contributed by atoms with Gasteiger partial charge in [-0.3, -0.25) is 14.2 Å². The zero-order valence-electron chi connectivity index (χ0n) is 16.1. The number of amides is 1. The number of hydrogen-bond donors (Lipinski definition) is 0. The molecule has 1 amide bonds. The van der Waals surface area contributed by atoms with Gasteiger partial charge in [0, 0.05) is 24.7 Å². The average Bonchev–Trinajstić information content (AvgIpc) is 2.61. The fourth-order valence-corrected chi connectivity index (χ4v) is 4.88. The third kappa shape index (κ3) is 4.66. The molecule has 5 nitrogen and oxygen atoms in total. The van der Waals surface area contributed by atoms with Crippen molar-refractivity contribution in [3.8, 4) is 0 Å². The highest BCUT2D eigenvalue weighted by Crippen LogP contribution is 2.24. The molecule has 27 heavy (non-hydrogen) atoms. The van der Waals surface area contributed by atoms with Gasteiger partial charge in [-0.25, -0.2) is 4.98 Å². The van der Waals surface area contributed by atoms with Crippen molar-refractivity contribution in [1.29, 1.82) is 0 Å². The van der Waals surface area contributed by atoms with Gasteiger partial charge in [0.2, 0.25) is 5.91 Å². The summed E-state index contributed by atoms with van der Waals surface area (Å²) in [4.78, 5) is 32.1. The summed E-state index contributed by atoms with van der Waals surface area (Å²) >= 11 is 7.41. The quantitative estimate of drug-likeness (QED) is 0.554. The summed E-state index contributed by atoms with van der Waals surface area (Å²) < 4.78 is 1.68. The number of halogens is 1. The number of fused-ring (bicyclic) bond motifs is 1. The van der Waals surface area contributed by atoms with Crippen molar-refractivity contribution in [3.63, 3.8) is 0 Å². The molecule has 1 saturated heterocycles. The van der Waals surface area contributed by atoms with Crippen molar-refractivity contribution in [1.82, 2.24) is 14.5 Å². The lowest BCUT2D eigenvalue weighted by atomic mass is 9.92. The van der Waals surface area contributed by atoms with E-state index in [0.29, 0.717) is 45.2 Å². The number of piperidine rings is 1. The van der Waals surface area contributed by atoms with Crippen molar-refractivity contribution < 1.29 is 4.79 Å². The summed E-state index contributed by atoms with van der Waals surface area (Å²) in [5.41, 5.74) is 0.503. The smallest absolute Gasteiger partial charge is 0.262 e. The minimum absolute atomic E-state index is 0.0753. The van der Waals surface area contributed by atoms with Gasteiger partial charge in [-0.15, -0.1) is 0 Å². The van der Waals surface area contributed by atoms with E-state index >= 15 is 0 Å². The van der Waals surface area contributed by atoms with Gasteiger partial charge in [0.15, 0.2) is 5.16 Å². The zero-order valence-corrected chi connectivity index (χ0v) is 17.6. The normalized spacial score (nSPS) is 20.2. The summed E-state index contributed by atoms with van der Waals surface area (Å²) in [7, 11) is 0. The Bertz CT molecular complexity index is 889. The van der Waals surface area contributed by atoms with E-state index in [1.807, 2.05) is 11.8 Å². The topological polar surface area (TPSA) is 55.2 Å². The Labute approximate surface area is 169 Å². The van der Waals surface area contributed by atoms with E-state index in [0.717, 1.165) is 19.5 Å². The predicted molar refractivity (Wildman–Crippen MR) is 112 cm³/mol. The van der Waals surface area contributed by atoms with Crippen LogP contribution in [0.15, 0.2) is 28.2 Å². The van der Waals surface area contributed by atoms with Crippen LogP contribution >= 0.6 is 23.4 Å². The van der Waals surface area contributed by atoms with Crippen LogP contribution in [0.2, 0.25) is 5.02 Å². The first-order valence-electron chi connectivity index (χ1n) is 9.49. The largest absolute Gasteiger partial charge is 0.341 e.